The summed E-state index contributed by atoms with van der Waals surface area (Å²) in [7, 11) is 2.24. The molecule has 0 aliphatic carbocycles. The van der Waals surface area contributed by atoms with Crippen LogP contribution in [0, 0.1) is 0 Å². The van der Waals surface area contributed by atoms with Gasteiger partial charge in [0.05, 0.1) is 0 Å². The molecule has 3 nitrogen and oxygen atoms in total. The Morgan fingerprint density at radius 3 is 2.38 bits per heavy atom. The molecule has 0 amide bonds. The van der Waals surface area contributed by atoms with Crippen LogP contribution in [0.25, 0.3) is 0 Å². The number of nitrogens with one attached hydrogen (secondary N) is 1. The van der Waals surface area contributed by atoms with E-state index in [-0.39, 0.29) is 24.8 Å². The lowest BCUT2D eigenvalue weighted by Crippen LogP contribution is -2.46. The molecule has 0 radical (unpaired) electrons. The average molecular weight is 334 g/mol. The van der Waals surface area contributed by atoms with E-state index in [0.29, 0.717) is 5.92 Å². The van der Waals surface area contributed by atoms with Gasteiger partial charge in [-0.25, -0.2) is 0 Å². The van der Waals surface area contributed by atoms with Crippen molar-refractivity contribution in [3.8, 4) is 0 Å². The fourth-order valence-electron chi connectivity index (χ4n) is 2.69. The largest absolute Gasteiger partial charge is 0.314 e. The van der Waals surface area contributed by atoms with Gasteiger partial charge in [-0.05, 0) is 18.5 Å². The highest BCUT2D eigenvalue weighted by Gasteiger charge is 2.12. The van der Waals surface area contributed by atoms with Crippen LogP contribution in [0.15, 0.2) is 30.3 Å². The van der Waals surface area contributed by atoms with Crippen molar-refractivity contribution in [3.63, 3.8) is 0 Å². The van der Waals surface area contributed by atoms with Crippen LogP contribution in [0.4, 0.5) is 0 Å². The van der Waals surface area contributed by atoms with Gasteiger partial charge in [-0.3, -0.25) is 4.90 Å². The molecule has 21 heavy (non-hydrogen) atoms. The Morgan fingerprint density at radius 2 is 1.76 bits per heavy atom. The summed E-state index contributed by atoms with van der Waals surface area (Å²) in [5.41, 5.74) is 1.44. The molecule has 2 rings (SSSR count). The van der Waals surface area contributed by atoms with E-state index >= 15 is 0 Å². The molecule has 0 saturated carbocycles. The van der Waals surface area contributed by atoms with E-state index in [0.717, 1.165) is 26.2 Å². The predicted molar refractivity (Wildman–Crippen MR) is 96.2 cm³/mol. The fourth-order valence-corrected chi connectivity index (χ4v) is 2.69. The molecular formula is C16H29Cl2N3. The molecule has 5 heteroatoms. The Balaban J connectivity index is 0.00000200. The molecule has 1 N–H and O–H groups in total. The van der Waals surface area contributed by atoms with Gasteiger partial charge >= 0.3 is 0 Å². The molecule has 1 heterocycles. The zero-order valence-electron chi connectivity index (χ0n) is 13.1. The van der Waals surface area contributed by atoms with Crippen LogP contribution >= 0.6 is 24.8 Å². The van der Waals surface area contributed by atoms with Crippen molar-refractivity contribution >= 4 is 24.8 Å². The van der Waals surface area contributed by atoms with Gasteiger partial charge in [0.2, 0.25) is 0 Å². The highest BCUT2D eigenvalue weighted by molar-refractivity contribution is 5.85. The van der Waals surface area contributed by atoms with Crippen LogP contribution in [0.2, 0.25) is 0 Å². The Hall–Kier alpha value is -0.320. The van der Waals surface area contributed by atoms with Gasteiger partial charge in [-0.2, -0.15) is 0 Å². The van der Waals surface area contributed by atoms with E-state index in [1.165, 1.54) is 25.2 Å². The van der Waals surface area contributed by atoms with E-state index < -0.39 is 0 Å². The fraction of sp³-hybridized carbons (Fsp3) is 0.625. The number of hydrogen-bond acceptors (Lipinski definition) is 3. The minimum Gasteiger partial charge on any atom is -0.314 e. The molecule has 0 spiro atoms. The topological polar surface area (TPSA) is 18.5 Å². The molecule has 1 aliphatic heterocycles. The minimum atomic E-state index is 0. The second-order valence-electron chi connectivity index (χ2n) is 5.67. The Labute approximate surface area is 141 Å². The van der Waals surface area contributed by atoms with Gasteiger partial charge in [-0.15, -0.1) is 24.8 Å². The Morgan fingerprint density at radius 1 is 1.14 bits per heavy atom. The molecule has 1 saturated heterocycles. The van der Waals surface area contributed by atoms with Crippen molar-refractivity contribution in [2.45, 2.75) is 12.8 Å². The van der Waals surface area contributed by atoms with Crippen LogP contribution in [0.1, 0.15) is 18.4 Å². The standard InChI is InChI=1S/C16H27N3.2ClH/c1-15(16-6-4-3-5-7-16)14-18(2)12-13-19-10-8-17-9-11-19;;/h3-7,15,17H,8-14H2,1-2H3;2*1H. The van der Waals surface area contributed by atoms with Crippen molar-refractivity contribution in [2.75, 3.05) is 52.9 Å². The molecule has 0 bridgehead atoms. The van der Waals surface area contributed by atoms with Crippen molar-refractivity contribution < 1.29 is 0 Å². The van der Waals surface area contributed by atoms with Gasteiger partial charge in [-0.1, -0.05) is 37.3 Å². The lowest BCUT2D eigenvalue weighted by Gasteiger charge is -2.30. The van der Waals surface area contributed by atoms with Crippen LogP contribution < -0.4 is 5.32 Å². The average Bonchev–Trinajstić information content (AvgIpc) is 2.47. The quantitative estimate of drug-likeness (QED) is 0.862. The normalized spacial score (nSPS) is 16.9. The number of likely N-dealkylation sites (N-methyl/N-ethyl adjacent to an activating group) is 1. The lowest BCUT2D eigenvalue weighted by atomic mass is 10.0. The molecule has 1 unspecified atom stereocenters. The molecule has 1 fully saturated rings. The highest BCUT2D eigenvalue weighted by atomic mass is 35.5. The van der Waals surface area contributed by atoms with E-state index in [1.54, 1.807) is 0 Å². The zero-order valence-corrected chi connectivity index (χ0v) is 14.8. The molecule has 1 atom stereocenters. The highest BCUT2D eigenvalue weighted by Crippen LogP contribution is 2.15. The predicted octanol–water partition coefficient (Wildman–Crippen LogP) is 2.47. The summed E-state index contributed by atoms with van der Waals surface area (Å²) >= 11 is 0. The maximum Gasteiger partial charge on any atom is 0.0110 e. The summed E-state index contributed by atoms with van der Waals surface area (Å²) in [4.78, 5) is 5.01. The number of rotatable bonds is 6. The first-order chi connectivity index (χ1) is 9.25. The SMILES string of the molecule is CC(CN(C)CCN1CCNCC1)c1ccccc1.Cl.Cl. The van der Waals surface area contributed by atoms with Gasteiger partial charge in [0.25, 0.3) is 0 Å². The van der Waals surface area contributed by atoms with E-state index in [4.69, 9.17) is 0 Å². The summed E-state index contributed by atoms with van der Waals surface area (Å²) < 4.78 is 0. The Kier molecular flexibility index (Phi) is 11.1. The summed E-state index contributed by atoms with van der Waals surface area (Å²) in [6.45, 7) is 10.5. The molecule has 0 aromatic heterocycles. The first kappa shape index (κ1) is 20.7. The first-order valence-electron chi connectivity index (χ1n) is 7.42. The van der Waals surface area contributed by atoms with Crippen LogP contribution in [-0.4, -0.2) is 62.7 Å². The maximum atomic E-state index is 3.40. The number of halogens is 2. The second kappa shape index (κ2) is 11.3. The number of nitrogens with zero attached hydrogens (tertiary/aromatic N) is 2. The summed E-state index contributed by atoms with van der Waals surface area (Å²) in [5, 5.41) is 3.40. The third-order valence-electron chi connectivity index (χ3n) is 3.96. The summed E-state index contributed by atoms with van der Waals surface area (Å²) in [6.07, 6.45) is 0. The van der Waals surface area contributed by atoms with Crippen molar-refractivity contribution in [1.29, 1.82) is 0 Å². The van der Waals surface area contributed by atoms with Gasteiger partial charge < -0.3 is 10.2 Å². The van der Waals surface area contributed by atoms with Crippen molar-refractivity contribution in [3.05, 3.63) is 35.9 Å². The van der Waals surface area contributed by atoms with Gasteiger partial charge in [0, 0.05) is 45.8 Å². The van der Waals surface area contributed by atoms with Crippen molar-refractivity contribution in [1.82, 2.24) is 15.1 Å². The third-order valence-corrected chi connectivity index (χ3v) is 3.96. The van der Waals surface area contributed by atoms with Gasteiger partial charge in [0.15, 0.2) is 0 Å². The Bertz CT molecular complexity index is 356. The van der Waals surface area contributed by atoms with E-state index in [1.807, 2.05) is 0 Å². The van der Waals surface area contributed by atoms with Gasteiger partial charge in [0.1, 0.15) is 0 Å². The first-order valence-corrected chi connectivity index (χ1v) is 7.42. The van der Waals surface area contributed by atoms with Crippen LogP contribution in [-0.2, 0) is 0 Å². The number of hydrogen-bond donors (Lipinski definition) is 1. The minimum absolute atomic E-state index is 0. The number of benzene rings is 1. The lowest BCUT2D eigenvalue weighted by molar-refractivity contribution is 0.202. The molecular weight excluding hydrogens is 305 g/mol. The number of piperazine rings is 1. The third kappa shape index (κ3) is 7.48. The van der Waals surface area contributed by atoms with E-state index in [9.17, 15) is 0 Å². The van der Waals surface area contributed by atoms with Crippen molar-refractivity contribution in [2.24, 2.45) is 0 Å². The monoisotopic (exact) mass is 333 g/mol. The summed E-state index contributed by atoms with van der Waals surface area (Å²) in [5.74, 6) is 0.606. The smallest absolute Gasteiger partial charge is 0.0110 e. The van der Waals surface area contributed by atoms with Crippen LogP contribution in [0.5, 0.6) is 0 Å². The molecule has 122 valence electrons. The maximum absolute atomic E-state index is 3.40. The zero-order chi connectivity index (χ0) is 13.5. The molecule has 1 aromatic rings. The molecule has 1 aromatic carbocycles. The van der Waals surface area contributed by atoms with E-state index in [2.05, 4.69) is 59.4 Å². The second-order valence-corrected chi connectivity index (χ2v) is 5.67. The molecule has 1 aliphatic rings. The summed E-state index contributed by atoms with van der Waals surface area (Å²) in [6, 6.07) is 10.8. The van der Waals surface area contributed by atoms with Crippen LogP contribution in [0.3, 0.4) is 0 Å².